The molecule has 222 valence electrons. The summed E-state index contributed by atoms with van der Waals surface area (Å²) in [5.41, 5.74) is 6.51. The number of para-hydroxylation sites is 1. The van der Waals surface area contributed by atoms with Crippen molar-refractivity contribution in [3.63, 3.8) is 0 Å². The number of nitrogens with zero attached hydrogens (tertiary/aromatic N) is 3. The van der Waals surface area contributed by atoms with Gasteiger partial charge >= 0.3 is 5.97 Å². The van der Waals surface area contributed by atoms with Gasteiger partial charge in [0.2, 0.25) is 0 Å². The molecule has 6 heteroatoms. The van der Waals surface area contributed by atoms with Crippen molar-refractivity contribution in [3.8, 4) is 0 Å². The van der Waals surface area contributed by atoms with Crippen LogP contribution in [0.5, 0.6) is 0 Å². The summed E-state index contributed by atoms with van der Waals surface area (Å²) in [6, 6.07) is 24.4. The van der Waals surface area contributed by atoms with Crippen molar-refractivity contribution in [2.45, 2.75) is 71.1 Å². The summed E-state index contributed by atoms with van der Waals surface area (Å²) in [4.78, 5) is 27.3. The number of aryl methyl sites for hydroxylation is 2. The van der Waals surface area contributed by atoms with E-state index < -0.39 is 11.9 Å². The van der Waals surface area contributed by atoms with E-state index in [1.54, 1.807) is 36.4 Å². The lowest BCUT2D eigenvalue weighted by Gasteiger charge is -2.25. The van der Waals surface area contributed by atoms with Crippen LogP contribution in [0.15, 0.2) is 95.6 Å². The topological polar surface area (TPSA) is 73.2 Å². The Balaban J connectivity index is 1.28. The molecule has 0 aromatic heterocycles. The maximum atomic E-state index is 13.0. The lowest BCUT2D eigenvalue weighted by atomic mass is 10.0. The molecule has 3 aromatic carbocycles. The molecule has 5 rings (SSSR count). The van der Waals surface area contributed by atoms with Gasteiger partial charge in [0, 0.05) is 17.9 Å². The van der Waals surface area contributed by atoms with Crippen molar-refractivity contribution in [2.24, 2.45) is 5.10 Å². The van der Waals surface area contributed by atoms with Crippen molar-refractivity contribution < 1.29 is 14.7 Å². The summed E-state index contributed by atoms with van der Waals surface area (Å²) in [6.45, 7) is 3.25. The summed E-state index contributed by atoms with van der Waals surface area (Å²) in [5, 5.41) is 14.9. The number of unbranched alkanes of at least 4 members (excludes halogenated alkanes) is 5. The number of aliphatic carboxylic acids is 1. The highest BCUT2D eigenvalue weighted by Crippen LogP contribution is 2.34. The van der Waals surface area contributed by atoms with E-state index in [1.807, 2.05) is 12.1 Å². The first-order valence-corrected chi connectivity index (χ1v) is 15.6. The SMILES string of the molecule is CCCCCCCCc1ccc(N2CCCCc3cc(/C=C/C=C4\C(=O)N(c5ccccc5)N=C4C(=O)O)ccc32)cc1. The zero-order valence-electron chi connectivity index (χ0n) is 25.0. The average molecular weight is 576 g/mol. The van der Waals surface area contributed by atoms with Crippen molar-refractivity contribution in [2.75, 3.05) is 16.5 Å². The van der Waals surface area contributed by atoms with Gasteiger partial charge in [-0.15, -0.1) is 0 Å². The minimum absolute atomic E-state index is 0.0634. The van der Waals surface area contributed by atoms with Gasteiger partial charge in [0.05, 0.1) is 11.3 Å². The molecular weight excluding hydrogens is 534 g/mol. The number of amides is 1. The number of carbonyl (C=O) groups is 2. The number of carboxylic acid groups (broad SMARTS) is 1. The lowest BCUT2D eigenvalue weighted by molar-refractivity contribution is -0.129. The van der Waals surface area contributed by atoms with Crippen molar-refractivity contribution in [3.05, 3.63) is 107 Å². The standard InChI is InChI=1S/C37H41N3O3/c1-2-3-4-5-6-8-14-28-20-23-31(24-21-28)39-26-12-11-16-30-27-29(22-25-34(30)39)15-13-19-33-35(37(42)43)38-40(36(33)41)32-17-9-7-10-18-32/h7,9-10,13,15,17-25,27H,2-6,8,11-12,14,16,26H2,1H3,(H,42,43)/b15-13+,33-19-. The Morgan fingerprint density at radius 3 is 2.44 bits per heavy atom. The van der Waals surface area contributed by atoms with E-state index in [2.05, 4.69) is 59.4 Å². The largest absolute Gasteiger partial charge is 0.476 e. The Morgan fingerprint density at radius 2 is 1.67 bits per heavy atom. The Bertz CT molecular complexity index is 1510. The second-order valence-electron chi connectivity index (χ2n) is 11.3. The minimum atomic E-state index is -1.23. The van der Waals surface area contributed by atoms with Crippen LogP contribution in [0.2, 0.25) is 0 Å². The second-order valence-corrected chi connectivity index (χ2v) is 11.3. The van der Waals surface area contributed by atoms with Crippen LogP contribution in [-0.2, 0) is 22.4 Å². The van der Waals surface area contributed by atoms with E-state index in [9.17, 15) is 14.7 Å². The van der Waals surface area contributed by atoms with Crippen molar-refractivity contribution in [1.29, 1.82) is 0 Å². The molecule has 0 atom stereocenters. The number of carbonyl (C=O) groups excluding carboxylic acids is 1. The molecule has 1 N–H and O–H groups in total. The van der Waals surface area contributed by atoms with Crippen LogP contribution < -0.4 is 9.91 Å². The van der Waals surface area contributed by atoms with Crippen LogP contribution in [0.4, 0.5) is 17.1 Å². The molecule has 2 heterocycles. The number of anilines is 3. The predicted octanol–water partition coefficient (Wildman–Crippen LogP) is 8.49. The van der Waals surface area contributed by atoms with Gasteiger partial charge in [0.25, 0.3) is 5.91 Å². The molecule has 2 aliphatic rings. The zero-order chi connectivity index (χ0) is 30.0. The Labute approximate surface area is 255 Å². The maximum absolute atomic E-state index is 13.0. The quantitative estimate of drug-likeness (QED) is 0.174. The third-order valence-electron chi connectivity index (χ3n) is 8.17. The summed E-state index contributed by atoms with van der Waals surface area (Å²) < 4.78 is 0. The Morgan fingerprint density at radius 1 is 0.907 bits per heavy atom. The van der Waals surface area contributed by atoms with Crippen LogP contribution in [0, 0.1) is 0 Å². The number of allylic oxidation sites excluding steroid dienone is 2. The maximum Gasteiger partial charge on any atom is 0.357 e. The number of hydrogen-bond acceptors (Lipinski definition) is 4. The van der Waals surface area contributed by atoms with Crippen LogP contribution in [0.25, 0.3) is 6.08 Å². The molecule has 0 fully saturated rings. The molecule has 2 aliphatic heterocycles. The molecule has 43 heavy (non-hydrogen) atoms. The number of hydrazone groups is 1. The number of rotatable bonds is 12. The van der Waals surface area contributed by atoms with Gasteiger partial charge in [-0.3, -0.25) is 4.79 Å². The fourth-order valence-electron chi connectivity index (χ4n) is 5.82. The first-order chi connectivity index (χ1) is 21.0. The fraction of sp³-hybridized carbons (Fsp3) is 0.324. The highest BCUT2D eigenvalue weighted by atomic mass is 16.4. The predicted molar refractivity (Wildman–Crippen MR) is 176 cm³/mol. The molecule has 0 unspecified atom stereocenters. The normalized spacial score (nSPS) is 16.1. The van der Waals surface area contributed by atoms with Gasteiger partial charge < -0.3 is 10.0 Å². The van der Waals surface area contributed by atoms with Gasteiger partial charge in [0.1, 0.15) is 0 Å². The molecule has 0 radical (unpaired) electrons. The van der Waals surface area contributed by atoms with Crippen molar-refractivity contribution >= 4 is 40.7 Å². The monoisotopic (exact) mass is 575 g/mol. The second kappa shape index (κ2) is 14.6. The highest BCUT2D eigenvalue weighted by molar-refractivity contribution is 6.52. The number of carboxylic acids is 1. The van der Waals surface area contributed by atoms with Crippen LogP contribution in [0.1, 0.15) is 75.0 Å². The zero-order valence-corrected chi connectivity index (χ0v) is 25.0. The Hall–Kier alpha value is -4.45. The van der Waals surface area contributed by atoms with Crippen LogP contribution >= 0.6 is 0 Å². The summed E-state index contributed by atoms with van der Waals surface area (Å²) in [5.74, 6) is -1.68. The summed E-state index contributed by atoms with van der Waals surface area (Å²) in [7, 11) is 0. The molecule has 0 saturated heterocycles. The average Bonchev–Trinajstić information content (AvgIpc) is 3.21. The van der Waals surface area contributed by atoms with E-state index >= 15 is 0 Å². The molecule has 0 spiro atoms. The van der Waals surface area contributed by atoms with Crippen molar-refractivity contribution in [1.82, 2.24) is 0 Å². The molecule has 0 aliphatic carbocycles. The van der Waals surface area contributed by atoms with Gasteiger partial charge in [-0.05, 0) is 91.3 Å². The third kappa shape index (κ3) is 7.50. The fourth-order valence-corrected chi connectivity index (χ4v) is 5.82. The van der Waals surface area contributed by atoms with E-state index in [4.69, 9.17) is 0 Å². The first-order valence-electron chi connectivity index (χ1n) is 15.6. The van der Waals surface area contributed by atoms with E-state index in [-0.39, 0.29) is 11.3 Å². The van der Waals surface area contributed by atoms with Gasteiger partial charge in [-0.2, -0.15) is 10.1 Å². The minimum Gasteiger partial charge on any atom is -0.476 e. The third-order valence-corrected chi connectivity index (χ3v) is 8.17. The van der Waals surface area contributed by atoms with Crippen LogP contribution in [-0.4, -0.2) is 29.2 Å². The van der Waals surface area contributed by atoms with Crippen LogP contribution in [0.3, 0.4) is 0 Å². The molecule has 6 nitrogen and oxygen atoms in total. The molecular formula is C37H41N3O3. The molecule has 0 saturated carbocycles. The Kier molecular flexibility index (Phi) is 10.2. The van der Waals surface area contributed by atoms with E-state index in [1.165, 1.54) is 61.0 Å². The van der Waals surface area contributed by atoms with Gasteiger partial charge in [-0.25, -0.2) is 4.79 Å². The number of benzene rings is 3. The van der Waals surface area contributed by atoms with E-state index in [0.29, 0.717) is 5.69 Å². The molecule has 3 aromatic rings. The highest BCUT2D eigenvalue weighted by Gasteiger charge is 2.34. The van der Waals surface area contributed by atoms with Gasteiger partial charge in [0.15, 0.2) is 5.71 Å². The van der Waals surface area contributed by atoms with Gasteiger partial charge in [-0.1, -0.05) is 87.6 Å². The summed E-state index contributed by atoms with van der Waals surface area (Å²) >= 11 is 0. The number of hydrogen-bond donors (Lipinski definition) is 1. The first kappa shape index (κ1) is 30.0. The molecule has 1 amide bonds. The van der Waals surface area contributed by atoms with E-state index in [0.717, 1.165) is 42.8 Å². The number of fused-ring (bicyclic) bond motifs is 1. The molecule has 0 bridgehead atoms. The smallest absolute Gasteiger partial charge is 0.357 e. The summed E-state index contributed by atoms with van der Waals surface area (Å²) in [6.07, 6.45) is 17.5. The lowest BCUT2D eigenvalue weighted by Crippen LogP contribution is -2.22.